The highest BCUT2D eigenvalue weighted by atomic mass is 32.1. The Kier molecular flexibility index (Phi) is 7.84. The van der Waals surface area contributed by atoms with Gasteiger partial charge in [0.2, 0.25) is 0 Å². The van der Waals surface area contributed by atoms with Crippen molar-refractivity contribution in [3.8, 4) is 67.5 Å². The summed E-state index contributed by atoms with van der Waals surface area (Å²) in [6.45, 7) is 4.65. The number of aromatic nitrogens is 3. The lowest BCUT2D eigenvalue weighted by Crippen LogP contribution is -2.14. The Hall–Kier alpha value is -8.19. The molecule has 66 heavy (non-hydrogen) atoms. The molecule has 6 heteroatoms. The van der Waals surface area contributed by atoms with E-state index in [0.29, 0.717) is 17.5 Å². The summed E-state index contributed by atoms with van der Waals surface area (Å²) in [5.41, 5.74) is 16.0. The van der Waals surface area contributed by atoms with Crippen LogP contribution in [0.25, 0.3) is 132 Å². The molecule has 4 heterocycles. The van der Waals surface area contributed by atoms with Crippen LogP contribution in [0.15, 0.2) is 197 Å². The van der Waals surface area contributed by atoms with E-state index >= 15 is 0 Å². The standard InChI is InChI=1S/C60H37N3O2S/c1-60(2)47-16-6-3-11-39(47)44-31-36(25-28-48(44)60)34-21-23-35(24-22-34)37-26-29-51-46(32-37)55-42(14-9-18-52(55)65-51)58-61-57(38-27-30-50-45(33-38)40-12-4-7-17-49(40)64-50)62-59(63-58)43-15-10-20-54-56(43)41-13-5-8-19-53(41)66-54/h3-33H,1-2H3. The van der Waals surface area contributed by atoms with Crippen LogP contribution in [-0.4, -0.2) is 15.0 Å². The lowest BCUT2D eigenvalue weighted by atomic mass is 9.82. The van der Waals surface area contributed by atoms with Crippen molar-refractivity contribution in [2.75, 3.05) is 0 Å². The van der Waals surface area contributed by atoms with E-state index in [1.807, 2.05) is 42.5 Å². The van der Waals surface area contributed by atoms with Gasteiger partial charge < -0.3 is 8.83 Å². The average molecular weight is 864 g/mol. The zero-order chi connectivity index (χ0) is 43.7. The second kappa shape index (κ2) is 13.9. The van der Waals surface area contributed by atoms with Crippen molar-refractivity contribution in [3.63, 3.8) is 0 Å². The van der Waals surface area contributed by atoms with E-state index < -0.39 is 0 Å². The van der Waals surface area contributed by atoms with Gasteiger partial charge in [0.25, 0.3) is 0 Å². The molecule has 0 saturated heterocycles. The molecule has 13 aromatic rings. The molecule has 9 aromatic carbocycles. The van der Waals surface area contributed by atoms with Crippen molar-refractivity contribution in [2.45, 2.75) is 19.3 Å². The lowest BCUT2D eigenvalue weighted by molar-refractivity contribution is 0.660. The van der Waals surface area contributed by atoms with Crippen molar-refractivity contribution in [1.82, 2.24) is 15.0 Å². The molecule has 310 valence electrons. The van der Waals surface area contributed by atoms with Crippen molar-refractivity contribution in [2.24, 2.45) is 0 Å². The van der Waals surface area contributed by atoms with Gasteiger partial charge in [0, 0.05) is 63.8 Å². The predicted octanol–water partition coefficient (Wildman–Crippen LogP) is 16.7. The molecule has 0 amide bonds. The molecule has 0 radical (unpaired) electrons. The Morgan fingerprint density at radius 1 is 0.348 bits per heavy atom. The fraction of sp³-hybridized carbons (Fsp3) is 0.0500. The number of furan rings is 2. The summed E-state index contributed by atoms with van der Waals surface area (Å²) in [4.78, 5) is 15.9. The van der Waals surface area contributed by atoms with Crippen molar-refractivity contribution in [1.29, 1.82) is 0 Å². The minimum absolute atomic E-state index is 0.0164. The molecule has 0 fully saturated rings. The number of fused-ring (bicyclic) bond motifs is 12. The van der Waals surface area contributed by atoms with E-state index in [2.05, 4.69) is 159 Å². The van der Waals surface area contributed by atoms with Crippen LogP contribution in [0.5, 0.6) is 0 Å². The van der Waals surface area contributed by atoms with Gasteiger partial charge in [-0.15, -0.1) is 11.3 Å². The molecular formula is C60H37N3O2S. The average Bonchev–Trinajstić information content (AvgIpc) is 4.11. The SMILES string of the molecule is CC1(C)c2ccccc2-c2cc(-c3ccc(-c4ccc5oc6cccc(-c7nc(-c8ccc9oc%10ccccc%10c9c8)nc(-c8cccc9sc%10ccccc%10c89)n7)c6c5c4)cc3)ccc21. The third-order valence-corrected chi connectivity index (χ3v) is 14.9. The molecule has 0 N–H and O–H groups in total. The van der Waals surface area contributed by atoms with Crippen molar-refractivity contribution in [3.05, 3.63) is 199 Å². The highest BCUT2D eigenvalue weighted by Gasteiger charge is 2.35. The van der Waals surface area contributed by atoms with Crippen LogP contribution in [0.1, 0.15) is 25.0 Å². The maximum Gasteiger partial charge on any atom is 0.164 e. The Bertz CT molecular complexity index is 4150. The highest BCUT2D eigenvalue weighted by molar-refractivity contribution is 7.25. The van der Waals surface area contributed by atoms with Gasteiger partial charge >= 0.3 is 0 Å². The molecule has 0 atom stereocenters. The maximum atomic E-state index is 6.58. The van der Waals surface area contributed by atoms with E-state index in [1.165, 1.54) is 48.2 Å². The van der Waals surface area contributed by atoms with Gasteiger partial charge in [-0.2, -0.15) is 0 Å². The van der Waals surface area contributed by atoms with Gasteiger partial charge in [0.1, 0.15) is 22.3 Å². The Labute approximate surface area is 383 Å². The van der Waals surface area contributed by atoms with Gasteiger partial charge in [0.05, 0.1) is 0 Å². The number of hydrogen-bond donors (Lipinski definition) is 0. The van der Waals surface area contributed by atoms with Crippen LogP contribution in [-0.2, 0) is 5.41 Å². The Balaban J connectivity index is 0.913. The first-order valence-corrected chi connectivity index (χ1v) is 23.1. The molecule has 1 aliphatic rings. The minimum atomic E-state index is -0.0164. The molecule has 0 unspecified atom stereocenters. The zero-order valence-electron chi connectivity index (χ0n) is 36.0. The van der Waals surface area contributed by atoms with Gasteiger partial charge in [-0.05, 0) is 105 Å². The van der Waals surface area contributed by atoms with E-state index in [-0.39, 0.29) is 5.41 Å². The number of thiophene rings is 1. The van der Waals surface area contributed by atoms with Crippen molar-refractivity contribution >= 4 is 75.4 Å². The molecule has 1 aliphatic carbocycles. The summed E-state index contributed by atoms with van der Waals surface area (Å²) >= 11 is 1.79. The van der Waals surface area contributed by atoms with Crippen LogP contribution in [0.3, 0.4) is 0 Å². The summed E-state index contributed by atoms with van der Waals surface area (Å²) in [6.07, 6.45) is 0. The lowest BCUT2D eigenvalue weighted by Gasteiger charge is -2.21. The van der Waals surface area contributed by atoms with Crippen LogP contribution in [0.2, 0.25) is 0 Å². The Morgan fingerprint density at radius 3 is 1.71 bits per heavy atom. The molecular weight excluding hydrogens is 827 g/mol. The van der Waals surface area contributed by atoms with Gasteiger partial charge in [-0.3, -0.25) is 0 Å². The monoisotopic (exact) mass is 863 g/mol. The zero-order valence-corrected chi connectivity index (χ0v) is 36.8. The third kappa shape index (κ3) is 5.55. The van der Waals surface area contributed by atoms with Gasteiger partial charge in [-0.25, -0.2) is 15.0 Å². The summed E-state index contributed by atoms with van der Waals surface area (Å²) in [5, 5.41) is 6.37. The van der Waals surface area contributed by atoms with E-state index in [9.17, 15) is 0 Å². The fourth-order valence-electron chi connectivity index (χ4n) is 10.5. The predicted molar refractivity (Wildman–Crippen MR) is 272 cm³/mol. The quantitative estimate of drug-likeness (QED) is 0.172. The summed E-state index contributed by atoms with van der Waals surface area (Å²) in [7, 11) is 0. The summed E-state index contributed by atoms with van der Waals surface area (Å²) < 4.78 is 15.2. The first-order chi connectivity index (χ1) is 32.4. The Morgan fingerprint density at radius 2 is 0.879 bits per heavy atom. The van der Waals surface area contributed by atoms with E-state index in [0.717, 1.165) is 77.1 Å². The fourth-order valence-corrected chi connectivity index (χ4v) is 11.7. The third-order valence-electron chi connectivity index (χ3n) is 13.8. The van der Waals surface area contributed by atoms with Crippen LogP contribution < -0.4 is 0 Å². The molecule has 5 nitrogen and oxygen atoms in total. The molecule has 0 aliphatic heterocycles. The number of nitrogens with zero attached hydrogens (tertiary/aromatic N) is 3. The first-order valence-electron chi connectivity index (χ1n) is 22.3. The molecule has 0 saturated carbocycles. The second-order valence-corrected chi connectivity index (χ2v) is 19.0. The number of rotatable bonds is 5. The smallest absolute Gasteiger partial charge is 0.164 e. The molecule has 0 bridgehead atoms. The van der Waals surface area contributed by atoms with Crippen LogP contribution in [0, 0.1) is 0 Å². The first kappa shape index (κ1) is 37.2. The van der Waals surface area contributed by atoms with Crippen molar-refractivity contribution < 1.29 is 8.83 Å². The topological polar surface area (TPSA) is 65.0 Å². The minimum Gasteiger partial charge on any atom is -0.456 e. The van der Waals surface area contributed by atoms with Crippen LogP contribution >= 0.6 is 11.3 Å². The maximum absolute atomic E-state index is 6.58. The number of para-hydroxylation sites is 1. The normalized spacial score (nSPS) is 13.1. The number of hydrogen-bond acceptors (Lipinski definition) is 6. The number of benzene rings is 9. The molecule has 14 rings (SSSR count). The van der Waals surface area contributed by atoms with Crippen LogP contribution in [0.4, 0.5) is 0 Å². The summed E-state index contributed by atoms with van der Waals surface area (Å²) in [6, 6.07) is 66.6. The summed E-state index contributed by atoms with van der Waals surface area (Å²) in [5.74, 6) is 1.77. The molecule has 4 aromatic heterocycles. The van der Waals surface area contributed by atoms with Gasteiger partial charge in [-0.1, -0.05) is 141 Å². The largest absolute Gasteiger partial charge is 0.456 e. The van der Waals surface area contributed by atoms with Gasteiger partial charge in [0.15, 0.2) is 17.5 Å². The van der Waals surface area contributed by atoms with E-state index in [1.54, 1.807) is 11.3 Å². The molecule has 0 spiro atoms. The highest BCUT2D eigenvalue weighted by Crippen LogP contribution is 2.50. The van der Waals surface area contributed by atoms with E-state index in [4.69, 9.17) is 23.8 Å². The second-order valence-electron chi connectivity index (χ2n) is 17.9.